The zero-order chi connectivity index (χ0) is 9.68. The first-order valence-electron chi connectivity index (χ1n) is 3.77. The highest BCUT2D eigenvalue weighted by atomic mass is 16.5. The molecule has 0 amide bonds. The van der Waals surface area contributed by atoms with Gasteiger partial charge < -0.3 is 9.84 Å². The first kappa shape index (κ1) is 12.2. The number of benzene rings is 1. The minimum atomic E-state index is -0.395. The zero-order valence-electron chi connectivity index (χ0n) is 7.23. The van der Waals surface area contributed by atoms with Gasteiger partial charge in [-0.2, -0.15) is 0 Å². The molecule has 0 saturated heterocycles. The number of aromatic hydroxyl groups is 1. The van der Waals surface area contributed by atoms with Crippen LogP contribution in [-0.2, 0) is 9.53 Å². The van der Waals surface area contributed by atoms with Gasteiger partial charge in [0.25, 0.3) is 0 Å². The Morgan fingerprint density at radius 1 is 1.36 bits per heavy atom. The molecule has 0 atom stereocenters. The number of rotatable bonds is 2. The van der Waals surface area contributed by atoms with Crippen molar-refractivity contribution < 1.29 is 14.6 Å². The van der Waals surface area contributed by atoms with Crippen molar-refractivity contribution in [2.45, 2.75) is 7.43 Å². The van der Waals surface area contributed by atoms with Gasteiger partial charge in [-0.1, -0.05) is 19.6 Å². The Hall–Kier alpha value is -1.77. The number of carbonyl (C=O) groups excluding carboxylic acids is 1. The Morgan fingerprint density at radius 3 is 2.43 bits per heavy atom. The van der Waals surface area contributed by atoms with Crippen molar-refractivity contribution in [2.24, 2.45) is 0 Å². The number of phenols is 1. The van der Waals surface area contributed by atoms with Crippen molar-refractivity contribution in [3.05, 3.63) is 35.9 Å². The molecule has 1 N–H and O–H groups in total. The fourth-order valence-corrected chi connectivity index (χ4v) is 0.818. The summed E-state index contributed by atoms with van der Waals surface area (Å²) in [5.74, 6) is -0.191. The molecule has 0 unspecified atom stereocenters. The molecule has 0 aliphatic heterocycles. The van der Waals surface area contributed by atoms with Gasteiger partial charge in [0.2, 0.25) is 0 Å². The molecule has 1 rings (SSSR count). The molecule has 0 aliphatic rings. The Kier molecular flexibility index (Phi) is 5.07. The normalized spacial score (nSPS) is 9.50. The maximum absolute atomic E-state index is 10.7. The number of ether oxygens (including phenoxy) is 1. The van der Waals surface area contributed by atoms with E-state index in [0.717, 1.165) is 5.56 Å². The number of hydrogen-bond donors (Lipinski definition) is 1. The number of phenolic OH excluding ortho intramolecular Hbond substituents is 1. The van der Waals surface area contributed by atoms with Crippen molar-refractivity contribution in [2.75, 3.05) is 7.11 Å². The lowest BCUT2D eigenvalue weighted by molar-refractivity contribution is -0.134. The van der Waals surface area contributed by atoms with Crippen LogP contribution in [0.1, 0.15) is 13.0 Å². The van der Waals surface area contributed by atoms with Crippen LogP contribution in [0.2, 0.25) is 0 Å². The van der Waals surface area contributed by atoms with Gasteiger partial charge >= 0.3 is 5.97 Å². The largest absolute Gasteiger partial charge is 0.508 e. The van der Waals surface area contributed by atoms with E-state index >= 15 is 0 Å². The third-order valence-corrected chi connectivity index (χ3v) is 1.51. The Balaban J connectivity index is 0.00000169. The standard InChI is InChI=1S/C10H10O3.CH4/c1-13-10(12)7-4-8-2-5-9(11)6-3-8;/h2-7,11H,1H3;1H4/b7-4+;. The number of esters is 1. The monoisotopic (exact) mass is 194 g/mol. The molecule has 0 spiro atoms. The highest BCUT2D eigenvalue weighted by molar-refractivity contribution is 5.86. The molecule has 3 nitrogen and oxygen atoms in total. The van der Waals surface area contributed by atoms with E-state index in [1.165, 1.54) is 13.2 Å². The summed E-state index contributed by atoms with van der Waals surface area (Å²) in [5.41, 5.74) is 0.836. The summed E-state index contributed by atoms with van der Waals surface area (Å²) in [6, 6.07) is 6.51. The molecule has 0 bridgehead atoms. The van der Waals surface area contributed by atoms with Crippen LogP contribution >= 0.6 is 0 Å². The van der Waals surface area contributed by atoms with Crippen LogP contribution in [0.25, 0.3) is 6.08 Å². The van der Waals surface area contributed by atoms with Crippen LogP contribution in [0.3, 0.4) is 0 Å². The van der Waals surface area contributed by atoms with E-state index in [2.05, 4.69) is 4.74 Å². The van der Waals surface area contributed by atoms with Crippen LogP contribution in [0.15, 0.2) is 30.3 Å². The molecule has 0 aromatic heterocycles. The van der Waals surface area contributed by atoms with Crippen LogP contribution in [0.4, 0.5) is 0 Å². The maximum Gasteiger partial charge on any atom is 0.330 e. The first-order chi connectivity index (χ1) is 6.22. The highest BCUT2D eigenvalue weighted by Crippen LogP contribution is 2.10. The van der Waals surface area contributed by atoms with Crippen molar-refractivity contribution >= 4 is 12.0 Å². The van der Waals surface area contributed by atoms with Gasteiger partial charge in [0.1, 0.15) is 5.75 Å². The van der Waals surface area contributed by atoms with Gasteiger partial charge in [-0.25, -0.2) is 4.79 Å². The average molecular weight is 194 g/mol. The Bertz CT molecular complexity index is 312. The predicted octanol–water partition coefficient (Wildman–Crippen LogP) is 2.21. The summed E-state index contributed by atoms with van der Waals surface area (Å²) in [4.78, 5) is 10.7. The van der Waals surface area contributed by atoms with E-state index < -0.39 is 5.97 Å². The predicted molar refractivity (Wildman–Crippen MR) is 55.9 cm³/mol. The zero-order valence-corrected chi connectivity index (χ0v) is 7.23. The van der Waals surface area contributed by atoms with Crippen LogP contribution in [0, 0.1) is 0 Å². The number of methoxy groups -OCH3 is 1. The Morgan fingerprint density at radius 2 is 1.93 bits per heavy atom. The molecule has 14 heavy (non-hydrogen) atoms. The van der Waals surface area contributed by atoms with E-state index in [-0.39, 0.29) is 13.2 Å². The first-order valence-corrected chi connectivity index (χ1v) is 3.77. The van der Waals surface area contributed by atoms with E-state index in [4.69, 9.17) is 5.11 Å². The minimum absolute atomic E-state index is 0. The summed E-state index contributed by atoms with van der Waals surface area (Å²) in [7, 11) is 1.32. The van der Waals surface area contributed by atoms with Crippen molar-refractivity contribution in [1.82, 2.24) is 0 Å². The summed E-state index contributed by atoms with van der Waals surface area (Å²) in [6.45, 7) is 0. The lowest BCUT2D eigenvalue weighted by Crippen LogP contribution is -1.92. The third kappa shape index (κ3) is 3.76. The lowest BCUT2D eigenvalue weighted by atomic mass is 10.2. The Labute approximate surface area is 83.6 Å². The fraction of sp³-hybridized carbons (Fsp3) is 0.182. The minimum Gasteiger partial charge on any atom is -0.508 e. The van der Waals surface area contributed by atoms with Crippen molar-refractivity contribution in [1.29, 1.82) is 0 Å². The van der Waals surface area contributed by atoms with Gasteiger partial charge in [-0.15, -0.1) is 0 Å². The molecular weight excluding hydrogens is 180 g/mol. The summed E-state index contributed by atoms with van der Waals surface area (Å²) in [5, 5.41) is 8.96. The van der Waals surface area contributed by atoms with Crippen LogP contribution < -0.4 is 0 Å². The molecule has 3 heteroatoms. The van der Waals surface area contributed by atoms with E-state index in [0.29, 0.717) is 0 Å². The molecule has 0 radical (unpaired) electrons. The summed E-state index contributed by atoms with van der Waals surface area (Å²) in [6.07, 6.45) is 2.94. The quantitative estimate of drug-likeness (QED) is 0.580. The topological polar surface area (TPSA) is 46.5 Å². The second-order valence-corrected chi connectivity index (χ2v) is 2.45. The molecule has 0 fully saturated rings. The van der Waals surface area contributed by atoms with Gasteiger partial charge in [0.05, 0.1) is 7.11 Å². The van der Waals surface area contributed by atoms with Crippen molar-refractivity contribution in [3.8, 4) is 5.75 Å². The smallest absolute Gasteiger partial charge is 0.330 e. The van der Waals surface area contributed by atoms with Crippen LogP contribution in [-0.4, -0.2) is 18.2 Å². The van der Waals surface area contributed by atoms with E-state index in [9.17, 15) is 4.79 Å². The van der Waals surface area contributed by atoms with Crippen molar-refractivity contribution in [3.63, 3.8) is 0 Å². The lowest BCUT2D eigenvalue weighted by Gasteiger charge is -1.93. The summed E-state index contributed by atoms with van der Waals surface area (Å²) < 4.78 is 4.42. The van der Waals surface area contributed by atoms with Crippen LogP contribution in [0.5, 0.6) is 5.75 Å². The molecule has 1 aromatic rings. The van der Waals surface area contributed by atoms with Gasteiger partial charge in [-0.05, 0) is 23.8 Å². The second kappa shape index (κ2) is 5.80. The van der Waals surface area contributed by atoms with Gasteiger partial charge in [-0.3, -0.25) is 0 Å². The van der Waals surface area contributed by atoms with Gasteiger partial charge in [0, 0.05) is 6.08 Å². The van der Waals surface area contributed by atoms with E-state index in [1.807, 2.05) is 0 Å². The molecule has 0 aliphatic carbocycles. The molecule has 1 aromatic carbocycles. The highest BCUT2D eigenvalue weighted by Gasteiger charge is 1.91. The molecule has 76 valence electrons. The SMILES string of the molecule is C.COC(=O)/C=C/c1ccc(O)cc1. The maximum atomic E-state index is 10.7. The molecule has 0 heterocycles. The second-order valence-electron chi connectivity index (χ2n) is 2.45. The number of carbonyl (C=O) groups is 1. The molecular formula is C11H14O3. The third-order valence-electron chi connectivity index (χ3n) is 1.51. The fourth-order valence-electron chi connectivity index (χ4n) is 0.818. The average Bonchev–Trinajstić information content (AvgIpc) is 2.16. The van der Waals surface area contributed by atoms with E-state index in [1.54, 1.807) is 30.3 Å². The summed E-state index contributed by atoms with van der Waals surface area (Å²) >= 11 is 0. The molecule has 0 saturated carbocycles. The van der Waals surface area contributed by atoms with Gasteiger partial charge in [0.15, 0.2) is 0 Å². The number of hydrogen-bond acceptors (Lipinski definition) is 3.